The number of hydrogen-bond acceptors (Lipinski definition) is 3. The molecule has 0 aliphatic carbocycles. The van der Waals surface area contributed by atoms with Gasteiger partial charge >= 0.3 is 0 Å². The van der Waals surface area contributed by atoms with E-state index in [-0.39, 0.29) is 17.9 Å². The average Bonchev–Trinajstić information content (AvgIpc) is 2.81. The molecule has 1 atom stereocenters. The standard InChI is InChI=1S/C14H20N4O2/c1-18(2)9-3-4-12(19)17-11-6-8-16-14(20)13-10(11)5-7-15-13/h3-5,7,11,15H,6,8-9H2,1-2H3,(H,16,20)(H,17,19)/b4-3+. The molecule has 1 unspecified atom stereocenters. The summed E-state index contributed by atoms with van der Waals surface area (Å²) in [7, 11) is 3.88. The normalized spacial score (nSPS) is 18.8. The molecule has 108 valence electrons. The second-order valence-corrected chi connectivity index (χ2v) is 5.08. The number of nitrogens with one attached hydrogen (secondary N) is 3. The van der Waals surface area contributed by atoms with Crippen molar-refractivity contribution in [2.45, 2.75) is 12.5 Å². The molecule has 6 heteroatoms. The van der Waals surface area contributed by atoms with Crippen molar-refractivity contribution in [1.29, 1.82) is 0 Å². The number of carbonyl (C=O) groups excluding carboxylic acids is 2. The zero-order valence-electron chi connectivity index (χ0n) is 11.8. The van der Waals surface area contributed by atoms with Gasteiger partial charge in [0, 0.05) is 30.9 Å². The molecule has 0 saturated carbocycles. The Bertz CT molecular complexity index is 519. The molecule has 0 bridgehead atoms. The molecule has 2 heterocycles. The fraction of sp³-hybridized carbons (Fsp3) is 0.429. The fourth-order valence-electron chi connectivity index (χ4n) is 2.18. The Hall–Kier alpha value is -2.08. The van der Waals surface area contributed by atoms with Crippen LogP contribution < -0.4 is 10.6 Å². The highest BCUT2D eigenvalue weighted by atomic mass is 16.2. The summed E-state index contributed by atoms with van der Waals surface area (Å²) in [5.74, 6) is -0.261. The van der Waals surface area contributed by atoms with Crippen LogP contribution in [-0.4, -0.2) is 48.9 Å². The highest BCUT2D eigenvalue weighted by Crippen LogP contribution is 2.22. The number of aromatic nitrogens is 1. The summed E-state index contributed by atoms with van der Waals surface area (Å²) in [6.45, 7) is 1.27. The first-order chi connectivity index (χ1) is 9.58. The van der Waals surface area contributed by atoms with Crippen molar-refractivity contribution in [1.82, 2.24) is 20.5 Å². The maximum atomic E-state index is 11.9. The predicted octanol–water partition coefficient (Wildman–Crippen LogP) is 0.423. The summed E-state index contributed by atoms with van der Waals surface area (Å²) >= 11 is 0. The van der Waals surface area contributed by atoms with Gasteiger partial charge in [-0.3, -0.25) is 9.59 Å². The van der Waals surface area contributed by atoms with Crippen molar-refractivity contribution >= 4 is 11.8 Å². The minimum atomic E-state index is -0.147. The number of fused-ring (bicyclic) bond motifs is 1. The van der Waals surface area contributed by atoms with Crippen molar-refractivity contribution in [3.8, 4) is 0 Å². The van der Waals surface area contributed by atoms with Gasteiger partial charge in [0.2, 0.25) is 5.91 Å². The van der Waals surface area contributed by atoms with Crippen molar-refractivity contribution in [3.05, 3.63) is 35.7 Å². The van der Waals surface area contributed by atoms with Gasteiger partial charge in [-0.05, 0) is 26.6 Å². The molecule has 0 aromatic carbocycles. The fourth-order valence-corrected chi connectivity index (χ4v) is 2.18. The lowest BCUT2D eigenvalue weighted by atomic mass is 10.1. The first-order valence-electron chi connectivity index (χ1n) is 6.65. The number of hydrogen-bond donors (Lipinski definition) is 3. The van der Waals surface area contributed by atoms with E-state index >= 15 is 0 Å². The van der Waals surface area contributed by atoms with Crippen LogP contribution in [0.25, 0.3) is 0 Å². The van der Waals surface area contributed by atoms with Crippen molar-refractivity contribution in [3.63, 3.8) is 0 Å². The van der Waals surface area contributed by atoms with E-state index in [2.05, 4.69) is 15.6 Å². The molecule has 20 heavy (non-hydrogen) atoms. The van der Waals surface area contributed by atoms with E-state index in [1.54, 1.807) is 6.20 Å². The molecular weight excluding hydrogens is 256 g/mol. The Balaban J connectivity index is 2.03. The minimum absolute atomic E-state index is 0.120. The van der Waals surface area contributed by atoms with Gasteiger partial charge in [0.05, 0.1) is 6.04 Å². The number of amides is 2. The number of likely N-dealkylation sites (N-methyl/N-ethyl adjacent to an activating group) is 1. The summed E-state index contributed by atoms with van der Waals surface area (Å²) in [4.78, 5) is 28.6. The zero-order chi connectivity index (χ0) is 14.5. The number of H-pyrrole nitrogens is 1. The molecule has 6 nitrogen and oxygen atoms in total. The van der Waals surface area contributed by atoms with E-state index < -0.39 is 0 Å². The third kappa shape index (κ3) is 3.48. The molecule has 0 saturated heterocycles. The number of rotatable bonds is 4. The lowest BCUT2D eigenvalue weighted by Crippen LogP contribution is -2.28. The van der Waals surface area contributed by atoms with Crippen LogP contribution in [-0.2, 0) is 4.79 Å². The molecule has 0 fully saturated rings. The molecule has 1 aromatic rings. The maximum absolute atomic E-state index is 11.9. The van der Waals surface area contributed by atoms with E-state index in [0.717, 1.165) is 5.56 Å². The Kier molecular flexibility index (Phi) is 4.57. The highest BCUT2D eigenvalue weighted by Gasteiger charge is 2.24. The van der Waals surface area contributed by atoms with E-state index in [1.807, 2.05) is 31.1 Å². The second kappa shape index (κ2) is 6.38. The summed E-state index contributed by atoms with van der Waals surface area (Å²) in [5, 5.41) is 5.74. The first kappa shape index (κ1) is 14.3. The lowest BCUT2D eigenvalue weighted by molar-refractivity contribution is -0.117. The van der Waals surface area contributed by atoms with E-state index in [9.17, 15) is 9.59 Å². The van der Waals surface area contributed by atoms with Crippen LogP contribution in [0.2, 0.25) is 0 Å². The van der Waals surface area contributed by atoms with Crippen molar-refractivity contribution in [2.24, 2.45) is 0 Å². The molecule has 1 aliphatic rings. The van der Waals surface area contributed by atoms with E-state index in [0.29, 0.717) is 25.2 Å². The van der Waals surface area contributed by atoms with Gasteiger partial charge < -0.3 is 20.5 Å². The van der Waals surface area contributed by atoms with Crippen molar-refractivity contribution in [2.75, 3.05) is 27.2 Å². The van der Waals surface area contributed by atoms with Gasteiger partial charge in [-0.2, -0.15) is 0 Å². The second-order valence-electron chi connectivity index (χ2n) is 5.08. The summed E-state index contributed by atoms with van der Waals surface area (Å²) in [6.07, 6.45) is 5.75. The van der Waals surface area contributed by atoms with Gasteiger partial charge in [-0.15, -0.1) is 0 Å². The molecule has 2 rings (SSSR count). The van der Waals surface area contributed by atoms with Crippen LogP contribution >= 0.6 is 0 Å². The van der Waals surface area contributed by atoms with Crippen LogP contribution in [0.15, 0.2) is 24.4 Å². The van der Waals surface area contributed by atoms with Gasteiger partial charge in [0.15, 0.2) is 0 Å². The van der Waals surface area contributed by atoms with Crippen LogP contribution in [0.4, 0.5) is 0 Å². The zero-order valence-corrected chi connectivity index (χ0v) is 11.8. The number of carbonyl (C=O) groups is 2. The molecule has 1 aromatic heterocycles. The summed E-state index contributed by atoms with van der Waals surface area (Å²) in [6, 6.07) is 1.70. The van der Waals surface area contributed by atoms with Crippen LogP contribution in [0.1, 0.15) is 28.5 Å². The lowest BCUT2D eigenvalue weighted by Gasteiger charge is -2.15. The first-order valence-corrected chi connectivity index (χ1v) is 6.65. The molecular formula is C14H20N4O2. The molecule has 3 N–H and O–H groups in total. The summed E-state index contributed by atoms with van der Waals surface area (Å²) in [5.41, 5.74) is 1.37. The Labute approximate surface area is 118 Å². The predicted molar refractivity (Wildman–Crippen MR) is 76.3 cm³/mol. The van der Waals surface area contributed by atoms with Crippen LogP contribution in [0.3, 0.4) is 0 Å². The van der Waals surface area contributed by atoms with Gasteiger partial charge in [-0.1, -0.05) is 6.08 Å². The summed E-state index contributed by atoms with van der Waals surface area (Å²) < 4.78 is 0. The SMILES string of the molecule is CN(C)C/C=C/C(=O)NC1CCNC(=O)c2[nH]ccc21. The van der Waals surface area contributed by atoms with Gasteiger partial charge in [-0.25, -0.2) is 0 Å². The van der Waals surface area contributed by atoms with Gasteiger partial charge in [0.25, 0.3) is 5.91 Å². The molecule has 2 amide bonds. The maximum Gasteiger partial charge on any atom is 0.268 e. The van der Waals surface area contributed by atoms with Crippen LogP contribution in [0, 0.1) is 0 Å². The third-order valence-electron chi connectivity index (χ3n) is 3.16. The minimum Gasteiger partial charge on any atom is -0.357 e. The number of aromatic amines is 1. The third-order valence-corrected chi connectivity index (χ3v) is 3.16. The van der Waals surface area contributed by atoms with Gasteiger partial charge in [0.1, 0.15) is 5.69 Å². The number of nitrogens with zero attached hydrogens (tertiary/aromatic N) is 1. The smallest absolute Gasteiger partial charge is 0.268 e. The van der Waals surface area contributed by atoms with Crippen LogP contribution in [0.5, 0.6) is 0 Å². The Morgan fingerprint density at radius 3 is 3.10 bits per heavy atom. The quantitative estimate of drug-likeness (QED) is 0.698. The van der Waals surface area contributed by atoms with Crippen molar-refractivity contribution < 1.29 is 9.59 Å². The molecule has 0 radical (unpaired) electrons. The highest BCUT2D eigenvalue weighted by molar-refractivity contribution is 5.95. The van der Waals surface area contributed by atoms with E-state index in [4.69, 9.17) is 0 Å². The molecule has 1 aliphatic heterocycles. The van der Waals surface area contributed by atoms with E-state index in [1.165, 1.54) is 6.08 Å². The average molecular weight is 276 g/mol. The molecule has 0 spiro atoms. The Morgan fingerprint density at radius 1 is 1.55 bits per heavy atom. The topological polar surface area (TPSA) is 77.2 Å². The monoisotopic (exact) mass is 276 g/mol. The Morgan fingerprint density at radius 2 is 2.35 bits per heavy atom. The largest absolute Gasteiger partial charge is 0.357 e.